The Balaban J connectivity index is 1.41. The third-order valence-electron chi connectivity index (χ3n) is 8.47. The maximum atomic E-state index is 13.4. The number of aromatic amines is 1. The van der Waals surface area contributed by atoms with Gasteiger partial charge in [0, 0.05) is 16.0 Å². The number of ether oxygens (including phenoxy) is 1. The number of methoxy groups -OCH3 is 1. The highest BCUT2D eigenvalue weighted by Gasteiger charge is 2.69. The van der Waals surface area contributed by atoms with Crippen LogP contribution in [0.25, 0.3) is 0 Å². The average Bonchev–Trinajstić information content (AvgIpc) is 3.54. The van der Waals surface area contributed by atoms with Crippen LogP contribution in [0.1, 0.15) is 49.1 Å². The van der Waals surface area contributed by atoms with E-state index in [9.17, 15) is 19.2 Å². The number of carbonyl (C=O) groups excluding carboxylic acids is 3. The third-order valence-corrected chi connectivity index (χ3v) is 11.1. The average molecular weight is 513 g/mol. The summed E-state index contributed by atoms with van der Waals surface area (Å²) in [7, 11) is 1.26. The van der Waals surface area contributed by atoms with Crippen molar-refractivity contribution in [2.45, 2.75) is 48.8 Å². The molecule has 2 aliphatic heterocycles. The zero-order valence-electron chi connectivity index (χ0n) is 20.1. The number of thioether (sulfide) groups is 1. The molecule has 4 aliphatic rings. The number of H-pyrrole nitrogens is 1. The van der Waals surface area contributed by atoms with Gasteiger partial charge in [-0.3, -0.25) is 24.1 Å². The van der Waals surface area contributed by atoms with E-state index in [1.165, 1.54) is 24.0 Å². The van der Waals surface area contributed by atoms with Crippen LogP contribution < -0.4 is 4.87 Å². The Morgan fingerprint density at radius 1 is 1.09 bits per heavy atom. The van der Waals surface area contributed by atoms with Gasteiger partial charge < -0.3 is 9.72 Å². The van der Waals surface area contributed by atoms with Gasteiger partial charge in [-0.1, -0.05) is 56.4 Å². The van der Waals surface area contributed by atoms with Crippen molar-refractivity contribution in [2.75, 3.05) is 13.7 Å². The maximum absolute atomic E-state index is 13.4. The Hall–Kier alpha value is -2.39. The normalized spacial score (nSPS) is 33.0. The number of carbonyl (C=O) groups is 3. The largest absolute Gasteiger partial charge is 0.468 e. The van der Waals surface area contributed by atoms with E-state index in [1.54, 1.807) is 11.8 Å². The molecule has 3 heterocycles. The van der Waals surface area contributed by atoms with Crippen molar-refractivity contribution in [2.24, 2.45) is 29.6 Å². The van der Waals surface area contributed by atoms with Gasteiger partial charge in [-0.15, -0.1) is 11.8 Å². The van der Waals surface area contributed by atoms with Gasteiger partial charge >= 0.3 is 10.8 Å². The molecule has 1 aromatic carbocycles. The molecule has 7 unspecified atom stereocenters. The van der Waals surface area contributed by atoms with Crippen LogP contribution in [0.3, 0.4) is 0 Å². The van der Waals surface area contributed by atoms with Crippen molar-refractivity contribution in [1.29, 1.82) is 0 Å². The lowest BCUT2D eigenvalue weighted by Crippen LogP contribution is -2.42. The van der Waals surface area contributed by atoms with Crippen LogP contribution in [-0.2, 0) is 24.5 Å². The first-order valence-corrected chi connectivity index (χ1v) is 13.7. The van der Waals surface area contributed by atoms with Gasteiger partial charge in [0.1, 0.15) is 6.54 Å². The SMILES string of the molecule is COC(=O)CN1C(=O)C2C3CC(C2C1=O)C1C(c2ccc(C(C)(C)C)cc2)c2sc(=O)[nH]c2SC31. The van der Waals surface area contributed by atoms with Crippen LogP contribution in [0.15, 0.2) is 34.1 Å². The number of likely N-dealkylation sites (tertiary alicyclic amines) is 1. The van der Waals surface area contributed by atoms with Gasteiger partial charge in [-0.2, -0.15) is 0 Å². The summed E-state index contributed by atoms with van der Waals surface area (Å²) >= 11 is 2.93. The van der Waals surface area contributed by atoms with E-state index < -0.39 is 11.9 Å². The standard InChI is InChI=1S/C26H28N2O5S2/c1-26(2,3)12-7-5-11(6-8-12)16-17-13-9-14(20(17)34-22-21(16)35-25(32)27-22)19-18(13)23(30)28(24(19)31)10-15(29)33-4/h5-8,13-14,16-20H,9-10H2,1-4H3,(H,27,32). The second-order valence-electron chi connectivity index (χ2n) is 11.2. The van der Waals surface area contributed by atoms with Crippen LogP contribution in [0, 0.1) is 29.6 Å². The number of benzene rings is 1. The van der Waals surface area contributed by atoms with E-state index in [4.69, 9.17) is 4.74 Å². The number of amides is 2. The molecular weight excluding hydrogens is 484 g/mol. The number of esters is 1. The monoisotopic (exact) mass is 512 g/mol. The van der Waals surface area contributed by atoms with Gasteiger partial charge in [0.15, 0.2) is 0 Å². The van der Waals surface area contributed by atoms with Crippen molar-refractivity contribution in [3.8, 4) is 0 Å². The molecule has 7 nitrogen and oxygen atoms in total. The number of nitrogens with one attached hydrogen (secondary N) is 1. The van der Waals surface area contributed by atoms with Gasteiger partial charge in [-0.25, -0.2) is 0 Å². The lowest BCUT2D eigenvalue weighted by molar-refractivity contribution is -0.151. The summed E-state index contributed by atoms with van der Waals surface area (Å²) in [5.41, 5.74) is 2.43. The van der Waals surface area contributed by atoms with Crippen molar-refractivity contribution in [3.63, 3.8) is 0 Å². The fourth-order valence-electron chi connectivity index (χ4n) is 6.99. The molecule has 2 amide bonds. The van der Waals surface area contributed by atoms with Gasteiger partial charge in [0.25, 0.3) is 0 Å². The first-order valence-electron chi connectivity index (χ1n) is 12.0. The van der Waals surface area contributed by atoms with Gasteiger partial charge in [0.2, 0.25) is 11.8 Å². The number of hydrogen-bond acceptors (Lipinski definition) is 7. The molecule has 7 atom stereocenters. The lowest BCUT2D eigenvalue weighted by Gasteiger charge is -2.43. The predicted molar refractivity (Wildman–Crippen MR) is 132 cm³/mol. The molecule has 0 radical (unpaired) electrons. The maximum Gasteiger partial charge on any atom is 0.325 e. The quantitative estimate of drug-likeness (QED) is 0.500. The Bertz CT molecular complexity index is 1290. The van der Waals surface area contributed by atoms with Gasteiger partial charge in [-0.05, 0) is 40.7 Å². The highest BCUT2D eigenvalue weighted by Crippen LogP contribution is 2.68. The molecule has 2 bridgehead atoms. The number of rotatable bonds is 3. The van der Waals surface area contributed by atoms with Gasteiger partial charge in [0.05, 0.1) is 24.0 Å². The lowest BCUT2D eigenvalue weighted by atomic mass is 9.68. The summed E-state index contributed by atoms with van der Waals surface area (Å²) in [5, 5.41) is 1.04. The molecule has 2 saturated carbocycles. The van der Waals surface area contributed by atoms with E-state index in [0.29, 0.717) is 0 Å². The molecule has 184 valence electrons. The zero-order chi connectivity index (χ0) is 24.8. The summed E-state index contributed by atoms with van der Waals surface area (Å²) in [4.78, 5) is 56.1. The number of hydrogen-bond donors (Lipinski definition) is 1. The second-order valence-corrected chi connectivity index (χ2v) is 13.4. The number of nitrogens with zero attached hydrogens (tertiary/aromatic N) is 1. The number of fused-ring (bicyclic) bond motifs is 9. The summed E-state index contributed by atoms with van der Waals surface area (Å²) in [6.45, 7) is 6.24. The first-order chi connectivity index (χ1) is 16.6. The summed E-state index contributed by atoms with van der Waals surface area (Å²) in [6.07, 6.45) is 0.830. The fraction of sp³-hybridized carbons (Fsp3) is 0.538. The van der Waals surface area contributed by atoms with Crippen LogP contribution in [0.4, 0.5) is 0 Å². The number of aromatic nitrogens is 1. The topological polar surface area (TPSA) is 96.5 Å². The fourth-order valence-corrected chi connectivity index (χ4v) is 9.88. The molecule has 9 heteroatoms. The molecular formula is C26H28N2O5S2. The van der Waals surface area contributed by atoms with Crippen molar-refractivity contribution in [1.82, 2.24) is 9.88 Å². The predicted octanol–water partition coefficient (Wildman–Crippen LogP) is 3.38. The molecule has 1 saturated heterocycles. The molecule has 35 heavy (non-hydrogen) atoms. The molecule has 1 N–H and O–H groups in total. The zero-order valence-corrected chi connectivity index (χ0v) is 21.7. The van der Waals surface area contributed by atoms with Crippen LogP contribution in [0.2, 0.25) is 0 Å². The minimum atomic E-state index is -0.581. The van der Waals surface area contributed by atoms with E-state index >= 15 is 0 Å². The Morgan fingerprint density at radius 3 is 2.37 bits per heavy atom. The van der Waals surface area contributed by atoms with E-state index in [0.717, 1.165) is 26.8 Å². The summed E-state index contributed by atoms with van der Waals surface area (Å²) in [6, 6.07) is 8.67. The van der Waals surface area contributed by atoms with E-state index in [-0.39, 0.29) is 63.5 Å². The molecule has 0 spiro atoms. The van der Waals surface area contributed by atoms with Crippen LogP contribution in [0.5, 0.6) is 0 Å². The van der Waals surface area contributed by atoms with Crippen molar-refractivity contribution < 1.29 is 19.1 Å². The number of thiazole rings is 1. The van der Waals surface area contributed by atoms with Crippen molar-refractivity contribution >= 4 is 40.9 Å². The molecule has 1 aromatic heterocycles. The first kappa shape index (κ1) is 23.0. The highest BCUT2D eigenvalue weighted by molar-refractivity contribution is 8.00. The number of imide groups is 1. The minimum absolute atomic E-state index is 0.00253. The van der Waals surface area contributed by atoms with Crippen LogP contribution >= 0.6 is 23.1 Å². The van der Waals surface area contributed by atoms with E-state index in [2.05, 4.69) is 50.0 Å². The molecule has 3 fully saturated rings. The molecule has 2 aliphatic carbocycles. The van der Waals surface area contributed by atoms with Crippen LogP contribution in [-0.4, -0.2) is 46.6 Å². The Kier molecular flexibility index (Phi) is 5.14. The Morgan fingerprint density at radius 2 is 1.74 bits per heavy atom. The molecule has 2 aromatic rings. The smallest absolute Gasteiger partial charge is 0.325 e. The third kappa shape index (κ3) is 3.30. The highest BCUT2D eigenvalue weighted by atomic mass is 32.2. The molecule has 6 rings (SSSR count). The second kappa shape index (κ2) is 7.80. The minimum Gasteiger partial charge on any atom is -0.468 e. The van der Waals surface area contributed by atoms with Crippen molar-refractivity contribution in [3.05, 3.63) is 49.9 Å². The summed E-state index contributed by atoms with van der Waals surface area (Å²) < 4.78 is 4.72. The Labute approximate surface area is 211 Å². The van der Waals surface area contributed by atoms with E-state index in [1.807, 2.05) is 0 Å². The summed E-state index contributed by atoms with van der Waals surface area (Å²) in [5.74, 6) is -1.60.